The third-order valence-corrected chi connectivity index (χ3v) is 4.08. The van der Waals surface area contributed by atoms with Crippen LogP contribution in [0.1, 0.15) is 24.6 Å². The van der Waals surface area contributed by atoms with Crippen molar-refractivity contribution in [2.45, 2.75) is 19.1 Å². The third-order valence-electron chi connectivity index (χ3n) is 4.08. The summed E-state index contributed by atoms with van der Waals surface area (Å²) in [4.78, 5) is 21.4. The molecule has 0 aliphatic carbocycles. The molecule has 0 bridgehead atoms. The predicted molar refractivity (Wildman–Crippen MR) is 98.8 cm³/mol. The van der Waals surface area contributed by atoms with E-state index >= 15 is 0 Å². The lowest BCUT2D eigenvalue weighted by molar-refractivity contribution is -0.141. The van der Waals surface area contributed by atoms with E-state index in [1.54, 1.807) is 18.9 Å². The number of hydrogen-bond acceptors (Lipinski definition) is 6. The smallest absolute Gasteiger partial charge is 0.365 e. The molecule has 0 radical (unpaired) electrons. The van der Waals surface area contributed by atoms with Crippen molar-refractivity contribution in [3.05, 3.63) is 60.2 Å². The number of amides is 1. The first-order chi connectivity index (χ1) is 13.7. The van der Waals surface area contributed by atoms with Crippen molar-refractivity contribution in [2.75, 3.05) is 18.5 Å². The van der Waals surface area contributed by atoms with Crippen LogP contribution in [-0.2, 0) is 11.0 Å². The maximum Gasteiger partial charge on any atom is 0.433 e. The van der Waals surface area contributed by atoms with Gasteiger partial charge in [0.2, 0.25) is 17.6 Å². The highest BCUT2D eigenvalue weighted by molar-refractivity contribution is 5.81. The number of rotatable bonds is 6. The van der Waals surface area contributed by atoms with E-state index in [4.69, 9.17) is 4.52 Å². The second-order valence-corrected chi connectivity index (χ2v) is 6.36. The van der Waals surface area contributed by atoms with Crippen molar-refractivity contribution < 1.29 is 22.5 Å². The molecular weight excluding hydrogens is 387 g/mol. The number of carbonyl (C=O) groups excluding carboxylic acids is 1. The summed E-state index contributed by atoms with van der Waals surface area (Å²) in [5.41, 5.74) is -0.0511. The summed E-state index contributed by atoms with van der Waals surface area (Å²) in [6.07, 6.45) is -3.55. The SMILES string of the molecule is CC(NC(=O)CN(C)c1ccccc1)c1nc(-c2ccnc(C(F)(F)F)c2)no1. The maximum atomic E-state index is 12.8. The van der Waals surface area contributed by atoms with Crippen LogP contribution in [0.4, 0.5) is 18.9 Å². The molecule has 7 nitrogen and oxygen atoms in total. The first kappa shape index (κ1) is 20.3. The van der Waals surface area contributed by atoms with Crippen LogP contribution in [0.5, 0.6) is 0 Å². The third kappa shape index (κ3) is 5.09. The first-order valence-electron chi connectivity index (χ1n) is 8.67. The van der Waals surface area contributed by atoms with Crippen LogP contribution in [0.3, 0.4) is 0 Å². The van der Waals surface area contributed by atoms with Gasteiger partial charge in [-0.05, 0) is 31.2 Å². The highest BCUT2D eigenvalue weighted by atomic mass is 19.4. The number of anilines is 1. The topological polar surface area (TPSA) is 84.2 Å². The Morgan fingerprint density at radius 2 is 1.97 bits per heavy atom. The van der Waals surface area contributed by atoms with E-state index in [0.717, 1.165) is 18.0 Å². The molecule has 2 heterocycles. The van der Waals surface area contributed by atoms with Crippen molar-refractivity contribution in [2.24, 2.45) is 0 Å². The lowest BCUT2D eigenvalue weighted by atomic mass is 10.2. The van der Waals surface area contributed by atoms with E-state index in [0.29, 0.717) is 0 Å². The summed E-state index contributed by atoms with van der Waals surface area (Å²) >= 11 is 0. The Balaban J connectivity index is 1.65. The molecule has 2 aromatic heterocycles. The first-order valence-corrected chi connectivity index (χ1v) is 8.67. The number of benzene rings is 1. The molecule has 1 unspecified atom stereocenters. The zero-order valence-electron chi connectivity index (χ0n) is 15.6. The van der Waals surface area contributed by atoms with E-state index in [1.165, 1.54) is 6.07 Å². The van der Waals surface area contributed by atoms with Crippen LogP contribution in [0.2, 0.25) is 0 Å². The van der Waals surface area contributed by atoms with E-state index in [9.17, 15) is 18.0 Å². The van der Waals surface area contributed by atoms with Gasteiger partial charge in [-0.25, -0.2) is 0 Å². The summed E-state index contributed by atoms with van der Waals surface area (Å²) in [5.74, 6) is -0.205. The number of likely N-dealkylation sites (N-methyl/N-ethyl adjacent to an activating group) is 1. The van der Waals surface area contributed by atoms with Gasteiger partial charge in [0, 0.05) is 24.5 Å². The minimum absolute atomic E-state index is 0.0181. The lowest BCUT2D eigenvalue weighted by Crippen LogP contribution is -2.36. The second-order valence-electron chi connectivity index (χ2n) is 6.36. The summed E-state index contributed by atoms with van der Waals surface area (Å²) in [6, 6.07) is 11.0. The maximum absolute atomic E-state index is 12.8. The minimum atomic E-state index is -4.57. The van der Waals surface area contributed by atoms with E-state index in [2.05, 4.69) is 20.4 Å². The normalized spacial score (nSPS) is 12.4. The van der Waals surface area contributed by atoms with Crippen LogP contribution in [0.25, 0.3) is 11.4 Å². The van der Waals surface area contributed by atoms with E-state index < -0.39 is 17.9 Å². The molecule has 152 valence electrons. The molecule has 1 amide bonds. The highest BCUT2D eigenvalue weighted by Crippen LogP contribution is 2.30. The fourth-order valence-corrected chi connectivity index (χ4v) is 2.59. The summed E-state index contributed by atoms with van der Waals surface area (Å²) in [6.45, 7) is 1.75. The average Bonchev–Trinajstić information content (AvgIpc) is 3.18. The summed E-state index contributed by atoms with van der Waals surface area (Å²) in [5, 5.41) is 6.43. The van der Waals surface area contributed by atoms with Gasteiger partial charge in [-0.1, -0.05) is 23.4 Å². The number of pyridine rings is 1. The number of carbonyl (C=O) groups is 1. The van der Waals surface area contributed by atoms with E-state index in [1.807, 2.05) is 30.3 Å². The molecule has 0 spiro atoms. The van der Waals surface area contributed by atoms with Crippen LogP contribution in [-0.4, -0.2) is 34.6 Å². The molecule has 0 aliphatic rings. The number of para-hydroxylation sites is 1. The zero-order chi connectivity index (χ0) is 21.0. The molecule has 10 heteroatoms. The molecule has 29 heavy (non-hydrogen) atoms. The standard InChI is InChI=1S/C19H18F3N5O2/c1-12(24-16(28)11-27(2)14-6-4-3-5-7-14)18-25-17(26-29-18)13-8-9-23-15(10-13)19(20,21)22/h3-10,12H,11H2,1-2H3,(H,24,28). The van der Waals surface area contributed by atoms with Gasteiger partial charge in [-0.2, -0.15) is 18.2 Å². The summed E-state index contributed by atoms with van der Waals surface area (Å²) in [7, 11) is 1.78. The van der Waals surface area contributed by atoms with Gasteiger partial charge in [0.1, 0.15) is 11.7 Å². The molecule has 0 aliphatic heterocycles. The zero-order valence-corrected chi connectivity index (χ0v) is 15.6. The van der Waals surface area contributed by atoms with Gasteiger partial charge < -0.3 is 14.7 Å². The van der Waals surface area contributed by atoms with Crippen molar-refractivity contribution in [1.29, 1.82) is 0 Å². The van der Waals surface area contributed by atoms with Crippen LogP contribution < -0.4 is 10.2 Å². The van der Waals surface area contributed by atoms with Gasteiger partial charge in [0.05, 0.1) is 6.54 Å². The molecule has 0 fully saturated rings. The van der Waals surface area contributed by atoms with Crippen molar-refractivity contribution >= 4 is 11.6 Å². The number of nitrogens with zero attached hydrogens (tertiary/aromatic N) is 4. The second kappa shape index (κ2) is 8.29. The van der Waals surface area contributed by atoms with E-state index in [-0.39, 0.29) is 29.7 Å². The predicted octanol–water partition coefficient (Wildman–Crippen LogP) is 3.46. The number of alkyl halides is 3. The number of hydrogen-bond donors (Lipinski definition) is 1. The fourth-order valence-electron chi connectivity index (χ4n) is 2.59. The number of aromatic nitrogens is 3. The van der Waals surface area contributed by atoms with Crippen molar-refractivity contribution in [1.82, 2.24) is 20.4 Å². The lowest BCUT2D eigenvalue weighted by Gasteiger charge is -2.19. The average molecular weight is 405 g/mol. The van der Waals surface area contributed by atoms with Gasteiger partial charge in [-0.15, -0.1) is 0 Å². The van der Waals surface area contributed by atoms with Crippen LogP contribution in [0.15, 0.2) is 53.2 Å². The van der Waals surface area contributed by atoms with Gasteiger partial charge in [0.15, 0.2) is 0 Å². The summed E-state index contributed by atoms with van der Waals surface area (Å²) < 4.78 is 43.5. The Morgan fingerprint density at radius 1 is 1.24 bits per heavy atom. The van der Waals surface area contributed by atoms with Crippen molar-refractivity contribution in [3.8, 4) is 11.4 Å². The molecular formula is C19H18F3N5O2. The highest BCUT2D eigenvalue weighted by Gasteiger charge is 2.33. The van der Waals surface area contributed by atoms with Crippen molar-refractivity contribution in [3.63, 3.8) is 0 Å². The Morgan fingerprint density at radius 3 is 2.66 bits per heavy atom. The Labute approximate surface area is 164 Å². The molecule has 3 aromatic rings. The Bertz CT molecular complexity index is 975. The molecule has 0 saturated carbocycles. The molecule has 1 aromatic carbocycles. The van der Waals surface area contributed by atoms with Crippen LogP contribution in [0, 0.1) is 0 Å². The van der Waals surface area contributed by atoms with Gasteiger partial charge >= 0.3 is 6.18 Å². The number of nitrogens with one attached hydrogen (secondary N) is 1. The number of halogens is 3. The monoisotopic (exact) mass is 405 g/mol. The largest absolute Gasteiger partial charge is 0.433 e. The Kier molecular flexibility index (Phi) is 5.81. The molecule has 3 rings (SSSR count). The minimum Gasteiger partial charge on any atom is -0.365 e. The fraction of sp³-hybridized carbons (Fsp3) is 0.263. The van der Waals surface area contributed by atoms with Gasteiger partial charge in [-0.3, -0.25) is 9.78 Å². The van der Waals surface area contributed by atoms with Gasteiger partial charge in [0.25, 0.3) is 0 Å². The molecule has 0 saturated heterocycles. The molecule has 1 N–H and O–H groups in total. The molecule has 1 atom stereocenters. The van der Waals surface area contributed by atoms with Crippen LogP contribution >= 0.6 is 0 Å². The Hall–Kier alpha value is -3.43. The quantitative estimate of drug-likeness (QED) is 0.676.